The third kappa shape index (κ3) is 5.19. The van der Waals surface area contributed by atoms with Crippen molar-refractivity contribution in [3.8, 4) is 11.5 Å². The van der Waals surface area contributed by atoms with Gasteiger partial charge in [-0.3, -0.25) is 4.79 Å². The van der Waals surface area contributed by atoms with E-state index < -0.39 is 11.4 Å². The molecule has 1 atom stereocenters. The van der Waals surface area contributed by atoms with Crippen molar-refractivity contribution < 1.29 is 24.1 Å². The molecule has 29 heavy (non-hydrogen) atoms. The van der Waals surface area contributed by atoms with Crippen molar-refractivity contribution in [2.24, 2.45) is 5.41 Å². The number of nitrogen functional groups attached to an aromatic ring is 1. The van der Waals surface area contributed by atoms with Crippen molar-refractivity contribution in [2.45, 2.75) is 26.6 Å². The summed E-state index contributed by atoms with van der Waals surface area (Å²) >= 11 is 0. The minimum absolute atomic E-state index is 0.136. The number of hydrogen-bond acceptors (Lipinski definition) is 6. The van der Waals surface area contributed by atoms with Gasteiger partial charge in [0.25, 0.3) is 0 Å². The molecule has 1 fully saturated rings. The minimum Gasteiger partial charge on any atom is -0.492 e. The van der Waals surface area contributed by atoms with Gasteiger partial charge in [0.15, 0.2) is 0 Å². The smallest absolute Gasteiger partial charge is 0.314 e. The molecule has 4 N–H and O–H groups in total. The number of aliphatic carboxylic acids is 1. The first-order valence-electron chi connectivity index (χ1n) is 9.78. The van der Waals surface area contributed by atoms with E-state index in [-0.39, 0.29) is 6.61 Å². The van der Waals surface area contributed by atoms with Gasteiger partial charge in [-0.25, -0.2) is 0 Å². The highest BCUT2D eigenvalue weighted by Crippen LogP contribution is 2.28. The summed E-state index contributed by atoms with van der Waals surface area (Å²) in [6, 6.07) is 12.9. The number of carboxylic acids is 1. The van der Waals surface area contributed by atoms with Crippen LogP contribution in [0.4, 0.5) is 5.69 Å². The van der Waals surface area contributed by atoms with E-state index in [1.54, 1.807) is 24.3 Å². The number of nitrogens with one attached hydrogen (secondary N) is 1. The fourth-order valence-corrected chi connectivity index (χ4v) is 3.30. The van der Waals surface area contributed by atoms with Crippen molar-refractivity contribution in [3.05, 3.63) is 53.6 Å². The maximum Gasteiger partial charge on any atom is 0.314 e. The molecule has 1 saturated heterocycles. The van der Waals surface area contributed by atoms with E-state index in [2.05, 4.69) is 5.32 Å². The monoisotopic (exact) mass is 400 g/mol. The number of benzene rings is 2. The van der Waals surface area contributed by atoms with Gasteiger partial charge in [-0.1, -0.05) is 12.1 Å². The maximum absolute atomic E-state index is 11.6. The molecule has 0 saturated carbocycles. The summed E-state index contributed by atoms with van der Waals surface area (Å²) in [4.78, 5) is 11.6. The zero-order valence-electron chi connectivity index (χ0n) is 16.6. The van der Waals surface area contributed by atoms with Crippen LogP contribution in [0.3, 0.4) is 0 Å². The van der Waals surface area contributed by atoms with Crippen LogP contribution in [0, 0.1) is 5.41 Å². The lowest BCUT2D eigenvalue weighted by Crippen LogP contribution is -2.39. The van der Waals surface area contributed by atoms with Crippen LogP contribution in [0.25, 0.3) is 0 Å². The number of carboxylic acid groups (broad SMARTS) is 1. The highest BCUT2D eigenvalue weighted by molar-refractivity contribution is 5.75. The molecule has 1 heterocycles. The molecule has 156 valence electrons. The number of anilines is 1. The lowest BCUT2D eigenvalue weighted by atomic mass is 9.88. The average molecular weight is 400 g/mol. The van der Waals surface area contributed by atoms with Gasteiger partial charge in [0.2, 0.25) is 0 Å². The Morgan fingerprint density at radius 2 is 1.86 bits per heavy atom. The molecule has 0 radical (unpaired) electrons. The lowest BCUT2D eigenvalue weighted by Gasteiger charge is -2.23. The summed E-state index contributed by atoms with van der Waals surface area (Å²) in [5, 5.41) is 12.6. The van der Waals surface area contributed by atoms with Crippen molar-refractivity contribution >= 4 is 11.7 Å². The van der Waals surface area contributed by atoms with Crippen LogP contribution in [0.2, 0.25) is 0 Å². The van der Waals surface area contributed by atoms with Gasteiger partial charge in [-0.15, -0.1) is 0 Å². The molecule has 0 spiro atoms. The van der Waals surface area contributed by atoms with Crippen molar-refractivity contribution in [1.29, 1.82) is 0 Å². The number of carbonyl (C=O) groups is 1. The molecule has 3 rings (SSSR count). The quantitative estimate of drug-likeness (QED) is 0.527. The second-order valence-electron chi connectivity index (χ2n) is 7.18. The molecule has 2 aromatic carbocycles. The molecule has 1 aliphatic rings. The summed E-state index contributed by atoms with van der Waals surface area (Å²) in [6.07, 6.45) is 0.562. The topological polar surface area (TPSA) is 103 Å². The molecule has 7 heteroatoms. The van der Waals surface area contributed by atoms with E-state index in [1.165, 1.54) is 0 Å². The van der Waals surface area contributed by atoms with Crippen LogP contribution in [0.1, 0.15) is 24.5 Å². The van der Waals surface area contributed by atoms with Gasteiger partial charge in [0, 0.05) is 24.4 Å². The summed E-state index contributed by atoms with van der Waals surface area (Å²) in [5.74, 6) is 0.463. The molecule has 1 aliphatic heterocycles. The van der Waals surface area contributed by atoms with Gasteiger partial charge >= 0.3 is 5.97 Å². The van der Waals surface area contributed by atoms with E-state index in [0.29, 0.717) is 56.5 Å². The summed E-state index contributed by atoms with van der Waals surface area (Å²) in [6.45, 7) is 4.67. The SMILES string of the molecule is CCOCc1cccc(N)c1COc1ccc(OCC2(C(=O)O)CCNC2)cc1. The molecule has 2 aromatic rings. The number of rotatable bonds is 10. The molecule has 0 bridgehead atoms. The van der Waals surface area contributed by atoms with Gasteiger partial charge in [0.05, 0.1) is 6.61 Å². The molecular weight excluding hydrogens is 372 g/mol. The highest BCUT2D eigenvalue weighted by atomic mass is 16.5. The Hall–Kier alpha value is -2.77. The van der Waals surface area contributed by atoms with Crippen LogP contribution < -0.4 is 20.5 Å². The van der Waals surface area contributed by atoms with E-state index in [4.69, 9.17) is 19.9 Å². The number of nitrogens with two attached hydrogens (primary N) is 1. The van der Waals surface area contributed by atoms with Crippen LogP contribution in [0.15, 0.2) is 42.5 Å². The Morgan fingerprint density at radius 3 is 2.48 bits per heavy atom. The van der Waals surface area contributed by atoms with Crippen molar-refractivity contribution in [1.82, 2.24) is 5.32 Å². The molecule has 0 aliphatic carbocycles. The third-order valence-electron chi connectivity index (χ3n) is 5.19. The van der Waals surface area contributed by atoms with Gasteiger partial charge in [0.1, 0.15) is 30.1 Å². The second-order valence-corrected chi connectivity index (χ2v) is 7.18. The van der Waals surface area contributed by atoms with Gasteiger partial charge in [-0.05, 0) is 55.8 Å². The average Bonchev–Trinajstić information content (AvgIpc) is 3.21. The Balaban J connectivity index is 1.58. The van der Waals surface area contributed by atoms with Crippen LogP contribution in [-0.4, -0.2) is 37.4 Å². The fraction of sp³-hybridized carbons (Fsp3) is 0.409. The number of hydrogen-bond donors (Lipinski definition) is 3. The highest BCUT2D eigenvalue weighted by Gasteiger charge is 2.42. The number of ether oxygens (including phenoxy) is 3. The largest absolute Gasteiger partial charge is 0.492 e. The summed E-state index contributed by atoms with van der Waals surface area (Å²) in [7, 11) is 0. The Labute approximate surface area is 170 Å². The zero-order chi connectivity index (χ0) is 20.7. The lowest BCUT2D eigenvalue weighted by molar-refractivity contribution is -0.149. The summed E-state index contributed by atoms with van der Waals surface area (Å²) < 4.78 is 17.1. The first-order valence-corrected chi connectivity index (χ1v) is 9.78. The second kappa shape index (κ2) is 9.62. The molecule has 0 aromatic heterocycles. The predicted octanol–water partition coefficient (Wildman–Crippen LogP) is 2.83. The van der Waals surface area contributed by atoms with Gasteiger partial charge in [-0.2, -0.15) is 0 Å². The normalized spacial score (nSPS) is 18.5. The minimum atomic E-state index is -0.864. The predicted molar refractivity (Wildman–Crippen MR) is 110 cm³/mol. The van der Waals surface area contributed by atoms with E-state index in [9.17, 15) is 9.90 Å². The molecule has 0 amide bonds. The van der Waals surface area contributed by atoms with Crippen LogP contribution in [0.5, 0.6) is 11.5 Å². The fourth-order valence-electron chi connectivity index (χ4n) is 3.30. The Kier molecular flexibility index (Phi) is 6.95. The molecule has 1 unspecified atom stereocenters. The molecular formula is C22H28N2O5. The van der Waals surface area contributed by atoms with Crippen LogP contribution >= 0.6 is 0 Å². The summed E-state index contributed by atoms with van der Waals surface area (Å²) in [5.41, 5.74) is 7.84. The molecule has 7 nitrogen and oxygen atoms in total. The standard InChI is InChI=1S/C22H28N2O5/c1-2-27-12-16-4-3-5-20(23)19(16)13-28-17-6-8-18(9-7-17)29-15-22(21(25)26)10-11-24-14-22/h3-9,24H,2,10-15,23H2,1H3,(H,25,26). The van der Waals surface area contributed by atoms with Gasteiger partial charge < -0.3 is 30.4 Å². The Morgan fingerprint density at radius 1 is 1.14 bits per heavy atom. The van der Waals surface area contributed by atoms with Crippen LogP contribution in [-0.2, 0) is 22.7 Å². The maximum atomic E-state index is 11.6. The van der Waals surface area contributed by atoms with E-state index >= 15 is 0 Å². The first kappa shape index (κ1) is 21.0. The Bertz CT molecular complexity index is 816. The van der Waals surface area contributed by atoms with Crippen molar-refractivity contribution in [2.75, 3.05) is 32.0 Å². The zero-order valence-corrected chi connectivity index (χ0v) is 16.6. The van der Waals surface area contributed by atoms with E-state index in [1.807, 2.05) is 25.1 Å². The van der Waals surface area contributed by atoms with Crippen molar-refractivity contribution in [3.63, 3.8) is 0 Å². The first-order chi connectivity index (χ1) is 14.0. The van der Waals surface area contributed by atoms with E-state index in [0.717, 1.165) is 11.1 Å². The third-order valence-corrected chi connectivity index (χ3v) is 5.19.